The second kappa shape index (κ2) is 11.0. The lowest BCUT2D eigenvalue weighted by atomic mass is 10.1. The Hall–Kier alpha value is -2.38. The van der Waals surface area contributed by atoms with Gasteiger partial charge in [0.2, 0.25) is 0 Å². The molecule has 2 N–H and O–H groups in total. The zero-order valence-corrected chi connectivity index (χ0v) is 18.4. The van der Waals surface area contributed by atoms with E-state index in [0.717, 1.165) is 54.8 Å². The smallest absolute Gasteiger partial charge is 0.191 e. The zero-order chi connectivity index (χ0) is 20.5. The predicted octanol–water partition coefficient (Wildman–Crippen LogP) is 4.09. The maximum Gasteiger partial charge on any atom is 0.191 e. The molecule has 8 heteroatoms. The van der Waals surface area contributed by atoms with Crippen LogP contribution in [-0.2, 0) is 19.4 Å². The zero-order valence-electron chi connectivity index (χ0n) is 16.8. The Kier molecular flexibility index (Phi) is 8.07. The van der Waals surface area contributed by atoms with E-state index >= 15 is 0 Å². The van der Waals surface area contributed by atoms with Crippen molar-refractivity contribution in [1.29, 1.82) is 0 Å². The van der Waals surface area contributed by atoms with Gasteiger partial charge in [0.1, 0.15) is 12.2 Å². The van der Waals surface area contributed by atoms with E-state index in [0.29, 0.717) is 0 Å². The highest BCUT2D eigenvalue weighted by atomic mass is 35.5. The van der Waals surface area contributed by atoms with Gasteiger partial charge in [-0.3, -0.25) is 4.99 Å². The number of guanidine groups is 1. The molecule has 6 nitrogen and oxygen atoms in total. The summed E-state index contributed by atoms with van der Waals surface area (Å²) in [6, 6.07) is 12.2. The SMILES string of the molecule is CCc1nncn1CCNC(=NCCc1cccs1)NC(C)c1ccc(Cl)cc1. The van der Waals surface area contributed by atoms with Gasteiger partial charge >= 0.3 is 0 Å². The first-order chi connectivity index (χ1) is 14.2. The van der Waals surface area contributed by atoms with E-state index in [1.54, 1.807) is 17.7 Å². The number of aryl methyl sites for hydroxylation is 1. The molecule has 2 aromatic heterocycles. The number of benzene rings is 1. The number of aromatic nitrogens is 3. The first-order valence-corrected chi connectivity index (χ1v) is 11.1. The molecule has 3 rings (SSSR count). The van der Waals surface area contributed by atoms with Gasteiger partial charge in [-0.25, -0.2) is 0 Å². The monoisotopic (exact) mass is 430 g/mol. The maximum atomic E-state index is 6.01. The van der Waals surface area contributed by atoms with Crippen LogP contribution in [0.3, 0.4) is 0 Å². The highest BCUT2D eigenvalue weighted by Gasteiger charge is 2.09. The number of nitrogens with zero attached hydrogens (tertiary/aromatic N) is 4. The lowest BCUT2D eigenvalue weighted by molar-refractivity contribution is 0.619. The number of hydrogen-bond donors (Lipinski definition) is 2. The third-order valence-electron chi connectivity index (χ3n) is 4.59. The van der Waals surface area contributed by atoms with Crippen molar-refractivity contribution in [2.24, 2.45) is 4.99 Å². The number of nitrogens with one attached hydrogen (secondary N) is 2. The molecule has 29 heavy (non-hydrogen) atoms. The second-order valence-corrected chi connectivity index (χ2v) is 8.17. The lowest BCUT2D eigenvalue weighted by Crippen LogP contribution is -2.40. The van der Waals surface area contributed by atoms with E-state index in [2.05, 4.69) is 56.8 Å². The van der Waals surface area contributed by atoms with Crippen LogP contribution in [0.5, 0.6) is 0 Å². The fourth-order valence-corrected chi connectivity index (χ4v) is 3.78. The van der Waals surface area contributed by atoms with Gasteiger partial charge < -0.3 is 15.2 Å². The van der Waals surface area contributed by atoms with Crippen LogP contribution in [0.15, 0.2) is 53.1 Å². The molecule has 0 saturated carbocycles. The molecule has 154 valence electrons. The summed E-state index contributed by atoms with van der Waals surface area (Å²) in [6.07, 6.45) is 3.58. The van der Waals surface area contributed by atoms with Crippen LogP contribution in [0, 0.1) is 0 Å². The molecule has 3 aromatic rings. The molecule has 0 bridgehead atoms. The molecule has 0 saturated heterocycles. The summed E-state index contributed by atoms with van der Waals surface area (Å²) < 4.78 is 2.07. The molecule has 0 fully saturated rings. The van der Waals surface area contributed by atoms with Crippen LogP contribution in [0.1, 0.15) is 36.2 Å². The Morgan fingerprint density at radius 3 is 2.83 bits per heavy atom. The van der Waals surface area contributed by atoms with Crippen molar-refractivity contribution in [3.8, 4) is 0 Å². The molecule has 1 aromatic carbocycles. The molecule has 0 radical (unpaired) electrons. The molecule has 0 spiro atoms. The highest BCUT2D eigenvalue weighted by molar-refractivity contribution is 7.09. The summed E-state index contributed by atoms with van der Waals surface area (Å²) in [5.41, 5.74) is 1.16. The molecule has 0 aliphatic carbocycles. The third-order valence-corrected chi connectivity index (χ3v) is 5.78. The first-order valence-electron chi connectivity index (χ1n) is 9.85. The Morgan fingerprint density at radius 2 is 2.10 bits per heavy atom. The molecule has 0 aliphatic heterocycles. The normalized spacial score (nSPS) is 12.7. The quantitative estimate of drug-likeness (QED) is 0.396. The van der Waals surface area contributed by atoms with Crippen LogP contribution in [0.4, 0.5) is 0 Å². The summed E-state index contributed by atoms with van der Waals surface area (Å²) in [5, 5.41) is 17.9. The highest BCUT2D eigenvalue weighted by Crippen LogP contribution is 2.16. The lowest BCUT2D eigenvalue weighted by Gasteiger charge is -2.19. The molecule has 0 aliphatic rings. The van der Waals surface area contributed by atoms with Crippen LogP contribution < -0.4 is 10.6 Å². The number of thiophene rings is 1. The van der Waals surface area contributed by atoms with Crippen molar-refractivity contribution in [2.45, 2.75) is 39.3 Å². The molecule has 1 atom stereocenters. The Balaban J connectivity index is 1.60. The van der Waals surface area contributed by atoms with Gasteiger partial charge in [-0.15, -0.1) is 21.5 Å². The average molecular weight is 431 g/mol. The van der Waals surface area contributed by atoms with Crippen molar-refractivity contribution in [1.82, 2.24) is 25.4 Å². The van der Waals surface area contributed by atoms with Crippen LogP contribution in [-0.4, -0.2) is 33.8 Å². The number of rotatable bonds is 9. The Morgan fingerprint density at radius 1 is 1.28 bits per heavy atom. The average Bonchev–Trinajstić information content (AvgIpc) is 3.40. The van der Waals surface area contributed by atoms with E-state index in [-0.39, 0.29) is 6.04 Å². The summed E-state index contributed by atoms with van der Waals surface area (Å²) in [5.74, 6) is 1.79. The molecular formula is C21H27ClN6S. The largest absolute Gasteiger partial charge is 0.355 e. The molecular weight excluding hydrogens is 404 g/mol. The van der Waals surface area contributed by atoms with E-state index in [1.807, 2.05) is 24.3 Å². The van der Waals surface area contributed by atoms with Gasteiger partial charge in [-0.2, -0.15) is 0 Å². The van der Waals surface area contributed by atoms with E-state index in [1.165, 1.54) is 4.88 Å². The van der Waals surface area contributed by atoms with Gasteiger partial charge in [0, 0.05) is 42.4 Å². The predicted molar refractivity (Wildman–Crippen MR) is 121 cm³/mol. The van der Waals surface area contributed by atoms with Gasteiger partial charge in [0.25, 0.3) is 0 Å². The number of aliphatic imine (C=N–C) groups is 1. The Bertz CT molecular complexity index is 888. The second-order valence-electron chi connectivity index (χ2n) is 6.70. The molecule has 2 heterocycles. The third kappa shape index (κ3) is 6.58. The van der Waals surface area contributed by atoms with E-state index < -0.39 is 0 Å². The van der Waals surface area contributed by atoms with Crippen LogP contribution in [0.2, 0.25) is 5.02 Å². The number of hydrogen-bond acceptors (Lipinski definition) is 4. The van der Waals surface area contributed by atoms with Gasteiger partial charge in [0.05, 0.1) is 6.04 Å². The van der Waals surface area contributed by atoms with Gasteiger partial charge in [-0.05, 0) is 36.1 Å². The topological polar surface area (TPSA) is 67.1 Å². The molecule has 0 amide bonds. The number of halogens is 1. The molecule has 1 unspecified atom stereocenters. The standard InChI is InChI=1S/C21H27ClN6S/c1-3-20-27-25-15-28(20)13-12-24-21(23-11-10-19-5-4-14-29-19)26-16(2)17-6-8-18(22)9-7-17/h4-9,14-16H,3,10-13H2,1-2H3,(H2,23,24,26). The summed E-state index contributed by atoms with van der Waals surface area (Å²) >= 11 is 7.78. The fraction of sp³-hybridized carbons (Fsp3) is 0.381. The Labute approximate surface area is 181 Å². The van der Waals surface area contributed by atoms with E-state index in [9.17, 15) is 0 Å². The van der Waals surface area contributed by atoms with Crippen LogP contribution in [0.25, 0.3) is 0 Å². The summed E-state index contributed by atoms with van der Waals surface area (Å²) in [4.78, 5) is 6.12. The summed E-state index contributed by atoms with van der Waals surface area (Å²) in [7, 11) is 0. The van der Waals surface area contributed by atoms with Gasteiger partial charge in [-0.1, -0.05) is 36.7 Å². The summed E-state index contributed by atoms with van der Waals surface area (Å²) in [6.45, 7) is 6.46. The van der Waals surface area contributed by atoms with Crippen molar-refractivity contribution in [2.75, 3.05) is 13.1 Å². The maximum absolute atomic E-state index is 6.01. The van der Waals surface area contributed by atoms with Crippen molar-refractivity contribution < 1.29 is 0 Å². The minimum atomic E-state index is 0.112. The first kappa shape index (κ1) is 21.3. The van der Waals surface area contributed by atoms with Gasteiger partial charge in [0.15, 0.2) is 5.96 Å². The van der Waals surface area contributed by atoms with Crippen molar-refractivity contribution in [3.63, 3.8) is 0 Å². The minimum Gasteiger partial charge on any atom is -0.355 e. The fourth-order valence-electron chi connectivity index (χ4n) is 2.96. The van der Waals surface area contributed by atoms with Crippen molar-refractivity contribution >= 4 is 28.9 Å². The van der Waals surface area contributed by atoms with Crippen LogP contribution >= 0.6 is 22.9 Å². The minimum absolute atomic E-state index is 0.112. The van der Waals surface area contributed by atoms with Crippen molar-refractivity contribution in [3.05, 3.63) is 69.4 Å². The van der Waals surface area contributed by atoms with E-state index in [4.69, 9.17) is 16.6 Å².